The minimum atomic E-state index is -0.499. The normalized spacial score (nSPS) is 10.5. The van der Waals surface area contributed by atoms with Gasteiger partial charge in [-0.15, -0.1) is 0 Å². The molecule has 2 N–H and O–H groups in total. The summed E-state index contributed by atoms with van der Waals surface area (Å²) in [6.45, 7) is 0.541. The van der Waals surface area contributed by atoms with Crippen LogP contribution in [0.1, 0.15) is 12.2 Å². The van der Waals surface area contributed by atoms with E-state index in [9.17, 15) is 10.1 Å². The van der Waals surface area contributed by atoms with Crippen molar-refractivity contribution in [1.82, 2.24) is 15.2 Å². The molecule has 2 rings (SSSR count). The number of benzene rings is 1. The molecular formula is C11H11Cl2N5O2. The van der Waals surface area contributed by atoms with Gasteiger partial charge in [0, 0.05) is 19.0 Å². The average molecular weight is 316 g/mol. The fraction of sp³-hybridized carbons (Fsp3) is 0.273. The number of H-pyrrole nitrogens is 1. The molecule has 0 atom stereocenters. The number of hydrogen-bond donors (Lipinski definition) is 2. The quantitative estimate of drug-likeness (QED) is 0.485. The van der Waals surface area contributed by atoms with Crippen molar-refractivity contribution in [2.45, 2.75) is 12.8 Å². The van der Waals surface area contributed by atoms with Crippen LogP contribution in [0.2, 0.25) is 10.0 Å². The maximum Gasteiger partial charge on any atom is 0.293 e. The Morgan fingerprint density at radius 3 is 2.75 bits per heavy atom. The maximum absolute atomic E-state index is 10.9. The molecule has 1 heterocycles. The predicted octanol–water partition coefficient (Wildman–Crippen LogP) is 3.06. The van der Waals surface area contributed by atoms with Gasteiger partial charge in [0.15, 0.2) is 0 Å². The standard InChI is InChI=1S/C11H11Cl2N5O2/c12-7-4-9(10(18(19)20)5-8(7)13)14-3-1-2-11-15-6-16-17-11/h4-6,14H,1-3H2,(H,15,16,17). The van der Waals surface area contributed by atoms with Crippen molar-refractivity contribution >= 4 is 34.6 Å². The predicted molar refractivity (Wildman–Crippen MR) is 76.3 cm³/mol. The number of hydrogen-bond acceptors (Lipinski definition) is 5. The van der Waals surface area contributed by atoms with E-state index in [2.05, 4.69) is 20.5 Å². The Hall–Kier alpha value is -1.86. The third-order valence-corrected chi connectivity index (χ3v) is 3.33. The highest BCUT2D eigenvalue weighted by Crippen LogP contribution is 2.33. The molecular weight excluding hydrogens is 305 g/mol. The summed E-state index contributed by atoms with van der Waals surface area (Å²) >= 11 is 11.6. The highest BCUT2D eigenvalue weighted by molar-refractivity contribution is 6.42. The number of nitrogens with one attached hydrogen (secondary N) is 2. The summed E-state index contributed by atoms with van der Waals surface area (Å²) in [6, 6.07) is 2.69. The molecule has 0 saturated carbocycles. The topological polar surface area (TPSA) is 96.7 Å². The van der Waals surface area contributed by atoms with E-state index in [1.54, 1.807) is 0 Å². The van der Waals surface area contributed by atoms with Crippen LogP contribution in [0.25, 0.3) is 0 Å². The van der Waals surface area contributed by atoms with Crippen LogP contribution in [-0.2, 0) is 6.42 Å². The zero-order valence-corrected chi connectivity index (χ0v) is 11.8. The number of nitro benzene ring substituents is 1. The number of nitrogens with zero attached hydrogens (tertiary/aromatic N) is 3. The van der Waals surface area contributed by atoms with Crippen molar-refractivity contribution in [3.05, 3.63) is 44.4 Å². The van der Waals surface area contributed by atoms with E-state index in [0.29, 0.717) is 18.7 Å². The van der Waals surface area contributed by atoms with Crippen LogP contribution in [0.4, 0.5) is 11.4 Å². The van der Waals surface area contributed by atoms with E-state index in [-0.39, 0.29) is 15.7 Å². The van der Waals surface area contributed by atoms with E-state index in [0.717, 1.165) is 12.2 Å². The van der Waals surface area contributed by atoms with Crippen molar-refractivity contribution in [3.63, 3.8) is 0 Å². The van der Waals surface area contributed by atoms with Gasteiger partial charge in [-0.3, -0.25) is 15.2 Å². The van der Waals surface area contributed by atoms with Gasteiger partial charge in [-0.1, -0.05) is 23.2 Å². The van der Waals surface area contributed by atoms with Gasteiger partial charge in [0.05, 0.1) is 15.0 Å². The summed E-state index contributed by atoms with van der Waals surface area (Å²) in [4.78, 5) is 14.4. The second-order valence-corrected chi connectivity index (χ2v) is 4.82. The monoisotopic (exact) mass is 315 g/mol. The van der Waals surface area contributed by atoms with Gasteiger partial charge in [0.25, 0.3) is 5.69 Å². The highest BCUT2D eigenvalue weighted by atomic mass is 35.5. The molecule has 0 fully saturated rings. The molecule has 0 amide bonds. The van der Waals surface area contributed by atoms with Gasteiger partial charge in [-0.25, -0.2) is 4.98 Å². The lowest BCUT2D eigenvalue weighted by atomic mass is 10.2. The molecule has 0 saturated heterocycles. The Labute approximate surface area is 124 Å². The zero-order valence-electron chi connectivity index (χ0n) is 10.3. The number of rotatable bonds is 6. The van der Waals surface area contributed by atoms with Crippen molar-refractivity contribution in [2.24, 2.45) is 0 Å². The van der Waals surface area contributed by atoms with Gasteiger partial charge in [-0.2, -0.15) is 5.10 Å². The van der Waals surface area contributed by atoms with E-state index >= 15 is 0 Å². The largest absolute Gasteiger partial charge is 0.379 e. The number of halogens is 2. The molecule has 0 aliphatic heterocycles. The molecule has 9 heteroatoms. The Kier molecular flexibility index (Phi) is 4.75. The minimum Gasteiger partial charge on any atom is -0.379 e. The maximum atomic E-state index is 10.9. The van der Waals surface area contributed by atoms with Crippen molar-refractivity contribution in [2.75, 3.05) is 11.9 Å². The van der Waals surface area contributed by atoms with Crippen molar-refractivity contribution in [3.8, 4) is 0 Å². The summed E-state index contributed by atoms with van der Waals surface area (Å²) in [6.07, 6.45) is 2.88. The summed E-state index contributed by atoms with van der Waals surface area (Å²) in [5, 5.41) is 20.8. The van der Waals surface area contributed by atoms with E-state index < -0.39 is 4.92 Å². The molecule has 0 spiro atoms. The first-order valence-electron chi connectivity index (χ1n) is 5.79. The lowest BCUT2D eigenvalue weighted by Crippen LogP contribution is -2.06. The van der Waals surface area contributed by atoms with Crippen LogP contribution >= 0.6 is 23.2 Å². The lowest BCUT2D eigenvalue weighted by molar-refractivity contribution is -0.383. The number of aromatic nitrogens is 3. The molecule has 106 valence electrons. The molecule has 7 nitrogen and oxygen atoms in total. The van der Waals surface area contributed by atoms with Gasteiger partial charge in [0.2, 0.25) is 0 Å². The minimum absolute atomic E-state index is 0.0981. The van der Waals surface area contributed by atoms with Crippen LogP contribution in [0.5, 0.6) is 0 Å². The number of anilines is 1. The van der Waals surface area contributed by atoms with Gasteiger partial charge in [0.1, 0.15) is 17.8 Å². The third kappa shape index (κ3) is 3.58. The Bertz CT molecular complexity index is 603. The summed E-state index contributed by atoms with van der Waals surface area (Å²) in [7, 11) is 0. The van der Waals surface area contributed by atoms with Crippen LogP contribution < -0.4 is 5.32 Å². The molecule has 20 heavy (non-hydrogen) atoms. The van der Waals surface area contributed by atoms with E-state index in [1.807, 2.05) is 0 Å². The second-order valence-electron chi connectivity index (χ2n) is 4.00. The number of aromatic amines is 1. The number of nitro groups is 1. The summed E-state index contributed by atoms with van der Waals surface area (Å²) in [5.41, 5.74) is 0.251. The molecule has 1 aromatic heterocycles. The third-order valence-electron chi connectivity index (χ3n) is 2.61. The van der Waals surface area contributed by atoms with Gasteiger partial charge < -0.3 is 5.32 Å². The first kappa shape index (κ1) is 14.5. The first-order chi connectivity index (χ1) is 9.58. The van der Waals surface area contributed by atoms with Crippen molar-refractivity contribution < 1.29 is 4.92 Å². The van der Waals surface area contributed by atoms with Crippen LogP contribution in [0.3, 0.4) is 0 Å². The lowest BCUT2D eigenvalue weighted by Gasteiger charge is -2.08. The zero-order chi connectivity index (χ0) is 14.5. The Morgan fingerprint density at radius 2 is 2.10 bits per heavy atom. The molecule has 0 aliphatic carbocycles. The van der Waals surface area contributed by atoms with E-state index in [4.69, 9.17) is 23.2 Å². The molecule has 2 aromatic rings. The molecule has 0 unspecified atom stereocenters. The van der Waals surface area contributed by atoms with Gasteiger partial charge >= 0.3 is 0 Å². The smallest absolute Gasteiger partial charge is 0.293 e. The fourth-order valence-corrected chi connectivity index (χ4v) is 1.98. The van der Waals surface area contributed by atoms with E-state index in [1.165, 1.54) is 18.5 Å². The van der Waals surface area contributed by atoms with Crippen molar-refractivity contribution in [1.29, 1.82) is 0 Å². The fourth-order valence-electron chi connectivity index (χ4n) is 1.66. The van der Waals surface area contributed by atoms with Crippen LogP contribution in [0.15, 0.2) is 18.5 Å². The Balaban J connectivity index is 1.98. The highest BCUT2D eigenvalue weighted by Gasteiger charge is 2.16. The van der Waals surface area contributed by atoms with Gasteiger partial charge in [-0.05, 0) is 12.5 Å². The van der Waals surface area contributed by atoms with Crippen LogP contribution in [0, 0.1) is 10.1 Å². The molecule has 0 aliphatic rings. The average Bonchev–Trinajstić information content (AvgIpc) is 2.91. The number of aryl methyl sites for hydroxylation is 1. The molecule has 0 bridgehead atoms. The Morgan fingerprint density at radius 1 is 1.35 bits per heavy atom. The summed E-state index contributed by atoms with van der Waals surface area (Å²) in [5.74, 6) is 0.774. The summed E-state index contributed by atoms with van der Waals surface area (Å²) < 4.78 is 0. The van der Waals surface area contributed by atoms with Crippen LogP contribution in [-0.4, -0.2) is 26.6 Å². The molecule has 0 radical (unpaired) electrons. The SMILES string of the molecule is O=[N+]([O-])c1cc(Cl)c(Cl)cc1NCCCc1ncn[nH]1. The first-order valence-corrected chi connectivity index (χ1v) is 6.55. The molecule has 1 aromatic carbocycles. The second kappa shape index (κ2) is 6.53.